The van der Waals surface area contributed by atoms with Crippen molar-refractivity contribution in [1.82, 2.24) is 19.5 Å². The smallest absolute Gasteiger partial charge is 0.211 e. The lowest BCUT2D eigenvalue weighted by Crippen LogP contribution is -2.56. The van der Waals surface area contributed by atoms with E-state index in [1.807, 2.05) is 42.6 Å². The van der Waals surface area contributed by atoms with Gasteiger partial charge in [-0.1, -0.05) is 18.2 Å². The highest BCUT2D eigenvalue weighted by Crippen LogP contribution is 2.46. The van der Waals surface area contributed by atoms with Gasteiger partial charge in [-0.2, -0.15) is 9.40 Å². The molecule has 1 spiro atoms. The Morgan fingerprint density at radius 3 is 2.63 bits per heavy atom. The number of aromatic nitrogens is 3. The zero-order chi connectivity index (χ0) is 18.6. The number of hydrogen-bond acceptors (Lipinski definition) is 5. The fourth-order valence-corrected chi connectivity index (χ4v) is 5.48. The lowest BCUT2D eigenvalue weighted by Gasteiger charge is -2.41. The fourth-order valence-electron chi connectivity index (χ4n) is 4.12. The number of pyridine rings is 1. The number of piperazine rings is 1. The predicted octanol–water partition coefficient (Wildman–Crippen LogP) is 2.24. The summed E-state index contributed by atoms with van der Waals surface area (Å²) in [6, 6.07) is 12.1. The van der Waals surface area contributed by atoms with Crippen molar-refractivity contribution in [3.63, 3.8) is 0 Å². The van der Waals surface area contributed by atoms with Crippen LogP contribution in [0.15, 0.2) is 42.6 Å². The fraction of sp³-hybridized carbons (Fsp3) is 0.368. The van der Waals surface area contributed by atoms with Crippen LogP contribution in [0.4, 0.5) is 5.82 Å². The average molecular weight is 383 g/mol. The Hall–Kier alpha value is -2.45. The highest BCUT2D eigenvalue weighted by molar-refractivity contribution is 7.88. The summed E-state index contributed by atoms with van der Waals surface area (Å²) in [6.45, 7) is 1.89. The first-order valence-corrected chi connectivity index (χ1v) is 10.9. The molecule has 0 amide bonds. The van der Waals surface area contributed by atoms with Gasteiger partial charge in [-0.15, -0.1) is 0 Å². The second kappa shape index (κ2) is 5.77. The zero-order valence-corrected chi connectivity index (χ0v) is 15.9. The Morgan fingerprint density at radius 2 is 1.93 bits per heavy atom. The van der Waals surface area contributed by atoms with Crippen molar-refractivity contribution in [2.45, 2.75) is 18.4 Å². The summed E-state index contributed by atoms with van der Waals surface area (Å²) in [5.41, 5.74) is 2.63. The molecule has 3 aromatic rings. The SMILES string of the molecule is CS(=O)(=O)N1CCN(c2ccc(-c3n[nH]c4ccccc34)cn2)CC12CC2. The molecule has 5 rings (SSSR count). The van der Waals surface area contributed by atoms with Gasteiger partial charge in [0.1, 0.15) is 11.5 Å². The molecule has 140 valence electrons. The lowest BCUT2D eigenvalue weighted by atomic mass is 10.1. The summed E-state index contributed by atoms with van der Waals surface area (Å²) in [5.74, 6) is 0.887. The average Bonchev–Trinajstić information content (AvgIpc) is 3.27. The van der Waals surface area contributed by atoms with Gasteiger partial charge < -0.3 is 4.90 Å². The molecule has 8 heteroatoms. The van der Waals surface area contributed by atoms with Crippen molar-refractivity contribution in [1.29, 1.82) is 0 Å². The minimum Gasteiger partial charge on any atom is -0.353 e. The van der Waals surface area contributed by atoms with Crippen molar-refractivity contribution < 1.29 is 8.42 Å². The van der Waals surface area contributed by atoms with E-state index in [1.165, 1.54) is 6.26 Å². The number of aromatic amines is 1. The first-order valence-electron chi connectivity index (χ1n) is 9.09. The Kier molecular flexibility index (Phi) is 3.57. The van der Waals surface area contributed by atoms with Gasteiger partial charge in [0, 0.05) is 36.8 Å². The molecular weight excluding hydrogens is 362 g/mol. The number of para-hydroxylation sites is 1. The molecular formula is C19H21N5O2S. The molecule has 7 nitrogen and oxygen atoms in total. The standard InChI is InChI=1S/C19H21N5O2S/c1-27(25,26)24-11-10-23(13-19(24)8-9-19)17-7-6-14(12-20-17)18-15-4-2-3-5-16(15)21-22-18/h2-7,12H,8-11,13H2,1H3,(H,21,22). The second-order valence-corrected chi connectivity index (χ2v) is 9.41. The number of nitrogens with zero attached hydrogens (tertiary/aromatic N) is 4. The number of rotatable bonds is 3. The summed E-state index contributed by atoms with van der Waals surface area (Å²) in [6.07, 6.45) is 5.01. The van der Waals surface area contributed by atoms with E-state index in [4.69, 9.17) is 0 Å². The monoisotopic (exact) mass is 383 g/mol. The molecule has 0 bridgehead atoms. The van der Waals surface area contributed by atoms with Crippen LogP contribution in [-0.4, -0.2) is 59.3 Å². The van der Waals surface area contributed by atoms with E-state index in [0.29, 0.717) is 19.6 Å². The van der Waals surface area contributed by atoms with Gasteiger partial charge in [-0.05, 0) is 31.0 Å². The number of hydrogen-bond donors (Lipinski definition) is 1. The normalized spacial score (nSPS) is 19.7. The molecule has 1 saturated heterocycles. The minimum absolute atomic E-state index is 0.232. The Balaban J connectivity index is 1.40. The number of H-pyrrole nitrogens is 1. The quantitative estimate of drug-likeness (QED) is 0.750. The van der Waals surface area contributed by atoms with Crippen molar-refractivity contribution in [2.75, 3.05) is 30.8 Å². The highest BCUT2D eigenvalue weighted by atomic mass is 32.2. The first-order chi connectivity index (χ1) is 13.0. The molecule has 2 fully saturated rings. The van der Waals surface area contributed by atoms with Crippen LogP contribution in [0, 0.1) is 0 Å². The number of nitrogens with one attached hydrogen (secondary N) is 1. The molecule has 1 aliphatic heterocycles. The maximum Gasteiger partial charge on any atom is 0.211 e. The summed E-state index contributed by atoms with van der Waals surface area (Å²) >= 11 is 0. The summed E-state index contributed by atoms with van der Waals surface area (Å²) in [4.78, 5) is 6.85. The molecule has 0 atom stereocenters. The maximum atomic E-state index is 12.1. The van der Waals surface area contributed by atoms with Crippen LogP contribution in [0.1, 0.15) is 12.8 Å². The van der Waals surface area contributed by atoms with Crippen molar-refractivity contribution in [3.8, 4) is 11.3 Å². The van der Waals surface area contributed by atoms with Gasteiger partial charge in [-0.3, -0.25) is 5.10 Å². The third kappa shape index (κ3) is 2.80. The van der Waals surface area contributed by atoms with E-state index in [1.54, 1.807) is 4.31 Å². The largest absolute Gasteiger partial charge is 0.353 e. The summed E-state index contributed by atoms with van der Waals surface area (Å²) in [5, 5.41) is 8.55. The second-order valence-electron chi connectivity index (χ2n) is 7.50. The van der Waals surface area contributed by atoms with Gasteiger partial charge in [0.25, 0.3) is 0 Å². The molecule has 0 radical (unpaired) electrons. The third-order valence-corrected chi connectivity index (χ3v) is 7.00. The van der Waals surface area contributed by atoms with Crippen LogP contribution in [-0.2, 0) is 10.0 Å². The van der Waals surface area contributed by atoms with Crippen LogP contribution in [0.25, 0.3) is 22.2 Å². The molecule has 1 saturated carbocycles. The van der Waals surface area contributed by atoms with Crippen LogP contribution in [0.5, 0.6) is 0 Å². The van der Waals surface area contributed by atoms with Crippen molar-refractivity contribution in [3.05, 3.63) is 42.6 Å². The number of fused-ring (bicyclic) bond motifs is 1. The van der Waals surface area contributed by atoms with E-state index < -0.39 is 10.0 Å². The van der Waals surface area contributed by atoms with Crippen LogP contribution in [0.3, 0.4) is 0 Å². The number of anilines is 1. The van der Waals surface area contributed by atoms with Gasteiger partial charge in [0.15, 0.2) is 0 Å². The van der Waals surface area contributed by atoms with E-state index in [9.17, 15) is 8.42 Å². The molecule has 27 heavy (non-hydrogen) atoms. The minimum atomic E-state index is -3.16. The molecule has 2 aromatic heterocycles. The Morgan fingerprint density at radius 1 is 1.11 bits per heavy atom. The lowest BCUT2D eigenvalue weighted by molar-refractivity contribution is 0.272. The number of sulfonamides is 1. The van der Waals surface area contributed by atoms with E-state index >= 15 is 0 Å². The molecule has 3 heterocycles. The predicted molar refractivity (Wildman–Crippen MR) is 105 cm³/mol. The van der Waals surface area contributed by atoms with Crippen LogP contribution in [0.2, 0.25) is 0 Å². The Labute approximate surface area is 158 Å². The van der Waals surface area contributed by atoms with E-state index in [2.05, 4.69) is 20.1 Å². The van der Waals surface area contributed by atoms with Gasteiger partial charge >= 0.3 is 0 Å². The maximum absolute atomic E-state index is 12.1. The van der Waals surface area contributed by atoms with E-state index in [-0.39, 0.29) is 5.54 Å². The van der Waals surface area contributed by atoms with Crippen molar-refractivity contribution in [2.24, 2.45) is 0 Å². The zero-order valence-electron chi connectivity index (χ0n) is 15.1. The molecule has 1 aromatic carbocycles. The van der Waals surface area contributed by atoms with Gasteiger partial charge in [0.2, 0.25) is 10.0 Å². The number of benzene rings is 1. The van der Waals surface area contributed by atoms with Crippen LogP contribution >= 0.6 is 0 Å². The third-order valence-electron chi connectivity index (χ3n) is 5.63. The van der Waals surface area contributed by atoms with Crippen LogP contribution < -0.4 is 4.90 Å². The Bertz CT molecular complexity index is 1100. The topological polar surface area (TPSA) is 82.2 Å². The molecule has 0 unspecified atom stereocenters. The summed E-state index contributed by atoms with van der Waals surface area (Å²) < 4.78 is 25.8. The highest BCUT2D eigenvalue weighted by Gasteiger charge is 2.54. The first kappa shape index (κ1) is 16.7. The molecule has 1 N–H and O–H groups in total. The molecule has 1 aliphatic carbocycles. The molecule has 2 aliphatic rings. The van der Waals surface area contributed by atoms with Crippen molar-refractivity contribution >= 4 is 26.7 Å². The summed E-state index contributed by atoms with van der Waals surface area (Å²) in [7, 11) is -3.16. The van der Waals surface area contributed by atoms with Gasteiger partial charge in [-0.25, -0.2) is 13.4 Å². The van der Waals surface area contributed by atoms with E-state index in [0.717, 1.165) is 40.8 Å². The van der Waals surface area contributed by atoms with Gasteiger partial charge in [0.05, 0.1) is 17.3 Å².